The number of aryl methyl sites for hydroxylation is 2. The number of aromatic nitrogens is 2. The van der Waals surface area contributed by atoms with E-state index >= 15 is 0 Å². The monoisotopic (exact) mass is 364 g/mol. The average molecular weight is 365 g/mol. The lowest BCUT2D eigenvalue weighted by Crippen LogP contribution is -2.27. The predicted octanol–water partition coefficient (Wildman–Crippen LogP) is 2.64. The molecule has 0 radical (unpaired) electrons. The van der Waals surface area contributed by atoms with Gasteiger partial charge in [-0.1, -0.05) is 19.8 Å². The molecule has 6 nitrogen and oxygen atoms in total. The number of nitrogens with zero attached hydrogens (tertiary/aromatic N) is 3. The minimum Gasteiger partial charge on any atom is -0.351 e. The maximum absolute atomic E-state index is 12.7. The normalized spacial score (nSPS) is 11.4. The number of hydrogen-bond acceptors (Lipinski definition) is 5. The molecule has 0 unspecified atom stereocenters. The van der Waals surface area contributed by atoms with Gasteiger partial charge >= 0.3 is 0 Å². The fourth-order valence-corrected chi connectivity index (χ4v) is 3.80. The molecule has 7 heteroatoms. The Morgan fingerprint density at radius 3 is 2.76 bits per heavy atom. The largest absolute Gasteiger partial charge is 0.351 e. The van der Waals surface area contributed by atoms with E-state index in [0.29, 0.717) is 28.2 Å². The SMILES string of the molecule is CCCCCn1cnc2sc(C(=O)NCCCN(C)C)c(C)c2c1=O. The first-order chi connectivity index (χ1) is 12.0. The standard InChI is InChI=1S/C18H28N4O2S/c1-5-6-7-11-22-12-20-17-14(18(22)24)13(2)15(25-17)16(23)19-9-8-10-21(3)4/h12H,5-11H2,1-4H3,(H,19,23). The minimum absolute atomic E-state index is 0.0403. The minimum atomic E-state index is -0.115. The Morgan fingerprint density at radius 2 is 2.08 bits per heavy atom. The van der Waals surface area contributed by atoms with Crippen molar-refractivity contribution in [3.05, 3.63) is 27.1 Å². The molecule has 0 aliphatic heterocycles. The van der Waals surface area contributed by atoms with Gasteiger partial charge < -0.3 is 10.2 Å². The summed E-state index contributed by atoms with van der Waals surface area (Å²) in [5, 5.41) is 3.53. The fraction of sp³-hybridized carbons (Fsp3) is 0.611. The van der Waals surface area contributed by atoms with E-state index in [-0.39, 0.29) is 11.5 Å². The molecule has 0 fully saturated rings. The van der Waals surface area contributed by atoms with Crippen molar-refractivity contribution < 1.29 is 4.79 Å². The van der Waals surface area contributed by atoms with Crippen molar-refractivity contribution in [2.45, 2.75) is 46.1 Å². The highest BCUT2D eigenvalue weighted by Gasteiger charge is 2.19. The molecular weight excluding hydrogens is 336 g/mol. The van der Waals surface area contributed by atoms with Crippen molar-refractivity contribution in [3.63, 3.8) is 0 Å². The molecule has 2 aromatic heterocycles. The molecule has 2 aromatic rings. The topological polar surface area (TPSA) is 67.2 Å². The van der Waals surface area contributed by atoms with E-state index in [2.05, 4.69) is 22.1 Å². The number of amides is 1. The van der Waals surface area contributed by atoms with Gasteiger partial charge in [0.05, 0.1) is 16.6 Å². The van der Waals surface area contributed by atoms with E-state index in [4.69, 9.17) is 0 Å². The molecule has 1 N–H and O–H groups in total. The first-order valence-electron chi connectivity index (χ1n) is 8.87. The number of hydrogen-bond donors (Lipinski definition) is 1. The van der Waals surface area contributed by atoms with Gasteiger partial charge in [0.1, 0.15) is 4.83 Å². The molecule has 1 amide bonds. The number of fused-ring (bicyclic) bond motifs is 1. The summed E-state index contributed by atoms with van der Waals surface area (Å²) in [6.07, 6.45) is 5.67. The van der Waals surface area contributed by atoms with Crippen molar-refractivity contribution in [3.8, 4) is 0 Å². The third-order valence-corrected chi connectivity index (χ3v) is 5.39. The van der Waals surface area contributed by atoms with Crippen molar-refractivity contribution in [1.29, 1.82) is 0 Å². The molecule has 2 heterocycles. The van der Waals surface area contributed by atoms with Crippen LogP contribution in [0.5, 0.6) is 0 Å². The number of unbranched alkanes of at least 4 members (excludes halogenated alkanes) is 2. The molecule has 0 aromatic carbocycles. The summed E-state index contributed by atoms with van der Waals surface area (Å²) in [5.41, 5.74) is 0.703. The van der Waals surface area contributed by atoms with Crippen LogP contribution in [0.25, 0.3) is 10.2 Å². The predicted molar refractivity (Wildman–Crippen MR) is 104 cm³/mol. The van der Waals surface area contributed by atoms with Gasteiger partial charge in [0.15, 0.2) is 0 Å². The van der Waals surface area contributed by atoms with Crippen LogP contribution in [0.1, 0.15) is 47.8 Å². The van der Waals surface area contributed by atoms with Crippen LogP contribution in [0.3, 0.4) is 0 Å². The van der Waals surface area contributed by atoms with Gasteiger partial charge in [-0.05, 0) is 46.0 Å². The molecule has 2 rings (SSSR count). The van der Waals surface area contributed by atoms with Crippen LogP contribution in [0.15, 0.2) is 11.1 Å². The maximum Gasteiger partial charge on any atom is 0.262 e. The van der Waals surface area contributed by atoms with Gasteiger partial charge in [0.2, 0.25) is 0 Å². The summed E-state index contributed by atoms with van der Waals surface area (Å²) in [4.78, 5) is 32.9. The van der Waals surface area contributed by atoms with Gasteiger partial charge in [0.25, 0.3) is 11.5 Å². The maximum atomic E-state index is 12.7. The second-order valence-electron chi connectivity index (χ2n) is 6.60. The van der Waals surface area contributed by atoms with Crippen LogP contribution in [-0.4, -0.2) is 47.5 Å². The van der Waals surface area contributed by atoms with Crippen LogP contribution in [-0.2, 0) is 6.54 Å². The summed E-state index contributed by atoms with van der Waals surface area (Å²) in [7, 11) is 4.02. The number of thiophene rings is 1. The quantitative estimate of drug-likeness (QED) is 0.695. The van der Waals surface area contributed by atoms with Crippen molar-refractivity contribution in [1.82, 2.24) is 19.8 Å². The summed E-state index contributed by atoms with van der Waals surface area (Å²) in [6, 6.07) is 0. The Balaban J connectivity index is 2.16. The molecule has 25 heavy (non-hydrogen) atoms. The van der Waals surface area contributed by atoms with Crippen molar-refractivity contribution in [2.24, 2.45) is 0 Å². The summed E-state index contributed by atoms with van der Waals surface area (Å²) < 4.78 is 1.66. The van der Waals surface area contributed by atoms with Gasteiger partial charge in [0, 0.05) is 13.1 Å². The van der Waals surface area contributed by atoms with Gasteiger partial charge in [-0.25, -0.2) is 4.98 Å². The Bertz CT molecular complexity index is 779. The lowest BCUT2D eigenvalue weighted by atomic mass is 10.2. The molecule has 0 aliphatic carbocycles. The molecule has 0 aliphatic rings. The number of carbonyl (C=O) groups excluding carboxylic acids is 1. The van der Waals surface area contributed by atoms with E-state index < -0.39 is 0 Å². The molecule has 0 saturated heterocycles. The Kier molecular flexibility index (Phi) is 7.13. The highest BCUT2D eigenvalue weighted by molar-refractivity contribution is 7.20. The number of nitrogens with one attached hydrogen (secondary N) is 1. The van der Waals surface area contributed by atoms with Crippen molar-refractivity contribution >= 4 is 27.5 Å². The summed E-state index contributed by atoms with van der Waals surface area (Å²) >= 11 is 1.30. The number of rotatable bonds is 9. The fourth-order valence-electron chi connectivity index (χ4n) is 2.74. The Morgan fingerprint density at radius 1 is 1.32 bits per heavy atom. The first kappa shape index (κ1) is 19.6. The summed E-state index contributed by atoms with van der Waals surface area (Å²) in [6.45, 7) is 6.20. The van der Waals surface area contributed by atoms with Crippen molar-refractivity contribution in [2.75, 3.05) is 27.2 Å². The molecule has 0 atom stereocenters. The average Bonchev–Trinajstić information content (AvgIpc) is 2.91. The smallest absolute Gasteiger partial charge is 0.262 e. The molecular formula is C18H28N4O2S. The zero-order valence-electron chi connectivity index (χ0n) is 15.6. The zero-order valence-corrected chi connectivity index (χ0v) is 16.4. The van der Waals surface area contributed by atoms with E-state index in [1.807, 2.05) is 21.0 Å². The molecule has 0 bridgehead atoms. The third-order valence-electron chi connectivity index (χ3n) is 4.19. The van der Waals surface area contributed by atoms with Gasteiger partial charge in [-0.3, -0.25) is 14.2 Å². The Labute approximate surface area is 152 Å². The lowest BCUT2D eigenvalue weighted by molar-refractivity contribution is 0.0956. The lowest BCUT2D eigenvalue weighted by Gasteiger charge is -2.09. The number of carbonyl (C=O) groups is 1. The second kappa shape index (κ2) is 9.10. The third kappa shape index (κ3) is 4.89. The van der Waals surface area contributed by atoms with Gasteiger partial charge in [-0.2, -0.15) is 0 Å². The molecule has 0 spiro atoms. The van der Waals surface area contributed by atoms with Crippen LogP contribution in [0, 0.1) is 6.92 Å². The van der Waals surface area contributed by atoms with Gasteiger partial charge in [-0.15, -0.1) is 11.3 Å². The highest BCUT2D eigenvalue weighted by Crippen LogP contribution is 2.26. The second-order valence-corrected chi connectivity index (χ2v) is 7.60. The van der Waals surface area contributed by atoms with Crippen LogP contribution >= 0.6 is 11.3 Å². The first-order valence-corrected chi connectivity index (χ1v) is 9.68. The Hall–Kier alpha value is -1.73. The van der Waals surface area contributed by atoms with Crippen LogP contribution < -0.4 is 10.9 Å². The van der Waals surface area contributed by atoms with Crippen LogP contribution in [0.2, 0.25) is 0 Å². The molecule has 0 saturated carbocycles. The van der Waals surface area contributed by atoms with E-state index in [1.54, 1.807) is 10.9 Å². The highest BCUT2D eigenvalue weighted by atomic mass is 32.1. The van der Waals surface area contributed by atoms with E-state index in [0.717, 1.165) is 37.8 Å². The summed E-state index contributed by atoms with van der Waals surface area (Å²) in [5.74, 6) is -0.115. The zero-order chi connectivity index (χ0) is 18.4. The van der Waals surface area contributed by atoms with Crippen LogP contribution in [0.4, 0.5) is 0 Å². The van der Waals surface area contributed by atoms with E-state index in [9.17, 15) is 9.59 Å². The molecule has 138 valence electrons. The van der Waals surface area contributed by atoms with E-state index in [1.165, 1.54) is 11.3 Å².